The van der Waals surface area contributed by atoms with E-state index in [1.807, 2.05) is 44.2 Å². The summed E-state index contributed by atoms with van der Waals surface area (Å²) < 4.78 is 17.4. The Morgan fingerprint density at radius 2 is 1.91 bits per heavy atom. The average Bonchev–Trinajstić information content (AvgIpc) is 3.18. The summed E-state index contributed by atoms with van der Waals surface area (Å²) in [5.41, 5.74) is 0.678. The zero-order valence-electron chi connectivity index (χ0n) is 19.2. The monoisotopic (exact) mass is 438 g/mol. The number of Topliss-reactive ketones (excluding diaryl/α,β-unsaturated/α-hetero) is 1. The van der Waals surface area contributed by atoms with E-state index in [4.69, 9.17) is 14.2 Å². The van der Waals surface area contributed by atoms with Crippen LogP contribution in [-0.4, -0.2) is 40.4 Å². The Kier molecular flexibility index (Phi) is 5.45. The highest BCUT2D eigenvalue weighted by Gasteiger charge is 2.42. The summed E-state index contributed by atoms with van der Waals surface area (Å²) in [5, 5.41) is 21.6. The minimum Gasteiger partial charge on any atom is -0.506 e. The SMILES string of the molecule is COc1ccc(CCC(=O)c2c(O)c3c(c4c2O[C@H](C(C)(C)O)C4)OC(C)(C)C=C3)cc1. The molecule has 0 aromatic heterocycles. The van der Waals surface area contributed by atoms with Gasteiger partial charge in [-0.15, -0.1) is 0 Å². The van der Waals surface area contributed by atoms with Gasteiger partial charge in [-0.1, -0.05) is 12.1 Å². The molecule has 2 heterocycles. The van der Waals surface area contributed by atoms with E-state index in [-0.39, 0.29) is 23.5 Å². The van der Waals surface area contributed by atoms with Crippen LogP contribution >= 0.6 is 0 Å². The second-order valence-corrected chi connectivity index (χ2v) is 9.55. The van der Waals surface area contributed by atoms with Gasteiger partial charge < -0.3 is 24.4 Å². The first-order valence-corrected chi connectivity index (χ1v) is 10.9. The van der Waals surface area contributed by atoms with E-state index in [9.17, 15) is 15.0 Å². The highest BCUT2D eigenvalue weighted by molar-refractivity contribution is 6.04. The molecule has 0 saturated heterocycles. The van der Waals surface area contributed by atoms with Crippen molar-refractivity contribution in [2.45, 2.75) is 64.3 Å². The summed E-state index contributed by atoms with van der Waals surface area (Å²) in [6.07, 6.45) is 4.22. The zero-order chi connectivity index (χ0) is 23.3. The van der Waals surface area contributed by atoms with Gasteiger partial charge in [0.2, 0.25) is 0 Å². The number of benzene rings is 2. The maximum Gasteiger partial charge on any atom is 0.170 e. The Bertz CT molecular complexity index is 1070. The fourth-order valence-corrected chi connectivity index (χ4v) is 4.13. The lowest BCUT2D eigenvalue weighted by atomic mass is 9.90. The molecule has 0 bridgehead atoms. The predicted octanol–water partition coefficient (Wildman–Crippen LogP) is 4.47. The highest BCUT2D eigenvalue weighted by atomic mass is 16.5. The molecular formula is C26H30O6. The third-order valence-corrected chi connectivity index (χ3v) is 6.04. The quantitative estimate of drug-likeness (QED) is 0.647. The van der Waals surface area contributed by atoms with Crippen LogP contribution < -0.4 is 14.2 Å². The smallest absolute Gasteiger partial charge is 0.170 e. The van der Waals surface area contributed by atoms with E-state index >= 15 is 0 Å². The van der Waals surface area contributed by atoms with Gasteiger partial charge in [-0.2, -0.15) is 0 Å². The molecule has 2 aliphatic rings. The second-order valence-electron chi connectivity index (χ2n) is 9.55. The molecule has 2 aliphatic heterocycles. The molecule has 170 valence electrons. The number of carbonyl (C=O) groups is 1. The number of ketones is 1. The fraction of sp³-hybridized carbons (Fsp3) is 0.423. The summed E-state index contributed by atoms with van der Waals surface area (Å²) in [6, 6.07) is 7.55. The van der Waals surface area contributed by atoms with Crippen LogP contribution in [0.5, 0.6) is 23.0 Å². The minimum atomic E-state index is -1.12. The summed E-state index contributed by atoms with van der Waals surface area (Å²) in [6.45, 7) is 7.19. The number of aliphatic hydroxyl groups is 1. The molecule has 0 unspecified atom stereocenters. The Balaban J connectivity index is 1.70. The van der Waals surface area contributed by atoms with E-state index < -0.39 is 17.3 Å². The molecule has 2 aromatic carbocycles. The first kappa shape index (κ1) is 22.2. The molecule has 4 rings (SSSR count). The van der Waals surface area contributed by atoms with Gasteiger partial charge in [-0.3, -0.25) is 4.79 Å². The minimum absolute atomic E-state index is 0.137. The van der Waals surface area contributed by atoms with Crippen LogP contribution in [0.4, 0.5) is 0 Å². The van der Waals surface area contributed by atoms with Crippen LogP contribution in [0.1, 0.15) is 61.2 Å². The molecule has 1 atom stereocenters. The Morgan fingerprint density at radius 3 is 2.53 bits per heavy atom. The fourth-order valence-electron chi connectivity index (χ4n) is 4.13. The first-order valence-electron chi connectivity index (χ1n) is 10.9. The molecule has 6 heteroatoms. The maximum atomic E-state index is 13.3. The Morgan fingerprint density at radius 1 is 1.22 bits per heavy atom. The lowest BCUT2D eigenvalue weighted by Crippen LogP contribution is -2.39. The molecule has 2 aromatic rings. The van der Waals surface area contributed by atoms with Crippen molar-refractivity contribution in [1.82, 2.24) is 0 Å². The maximum absolute atomic E-state index is 13.3. The van der Waals surface area contributed by atoms with Crippen molar-refractivity contribution in [3.8, 4) is 23.0 Å². The molecule has 0 aliphatic carbocycles. The molecule has 2 N–H and O–H groups in total. The highest BCUT2D eigenvalue weighted by Crippen LogP contribution is 2.51. The molecule has 0 spiro atoms. The van der Waals surface area contributed by atoms with Crippen molar-refractivity contribution < 1.29 is 29.2 Å². The van der Waals surface area contributed by atoms with Crippen LogP contribution in [0.2, 0.25) is 0 Å². The normalized spacial score (nSPS) is 18.4. The standard InChI is InChI=1S/C26H30O6/c1-25(2)13-12-17-22(28)21(19(27)11-8-15-6-9-16(30-5)10-7-15)24-18(23(17)32-25)14-20(31-24)26(3,4)29/h6-7,9-10,12-13,20,28-29H,8,11,14H2,1-5H3/t20-/m0/s1. The van der Waals surface area contributed by atoms with E-state index in [1.54, 1.807) is 27.0 Å². The van der Waals surface area contributed by atoms with Crippen LogP contribution in [0.15, 0.2) is 30.3 Å². The van der Waals surface area contributed by atoms with Crippen molar-refractivity contribution >= 4 is 11.9 Å². The summed E-state index contributed by atoms with van der Waals surface area (Å²) >= 11 is 0. The molecule has 32 heavy (non-hydrogen) atoms. The Labute approximate surface area is 188 Å². The van der Waals surface area contributed by atoms with Crippen molar-refractivity contribution in [2.24, 2.45) is 0 Å². The molecule has 0 amide bonds. The van der Waals surface area contributed by atoms with Crippen LogP contribution in [0.3, 0.4) is 0 Å². The Hall–Kier alpha value is -2.99. The molecule has 6 nitrogen and oxygen atoms in total. The topological polar surface area (TPSA) is 85.2 Å². The van der Waals surface area contributed by atoms with Crippen LogP contribution in [-0.2, 0) is 12.8 Å². The number of rotatable bonds is 6. The van der Waals surface area contributed by atoms with E-state index in [2.05, 4.69) is 0 Å². The predicted molar refractivity (Wildman–Crippen MR) is 122 cm³/mol. The lowest BCUT2D eigenvalue weighted by Gasteiger charge is -2.30. The van der Waals surface area contributed by atoms with E-state index in [1.165, 1.54) is 0 Å². The van der Waals surface area contributed by atoms with Crippen LogP contribution in [0.25, 0.3) is 6.08 Å². The van der Waals surface area contributed by atoms with Gasteiger partial charge in [-0.25, -0.2) is 0 Å². The van der Waals surface area contributed by atoms with Crippen molar-refractivity contribution in [3.63, 3.8) is 0 Å². The number of aryl methyl sites for hydroxylation is 1. The third-order valence-electron chi connectivity index (χ3n) is 6.04. The number of carbonyl (C=O) groups excluding carboxylic acids is 1. The van der Waals surface area contributed by atoms with Gasteiger partial charge in [0, 0.05) is 18.4 Å². The number of hydrogen-bond acceptors (Lipinski definition) is 6. The third kappa shape index (κ3) is 4.07. The number of aromatic hydroxyl groups is 1. The summed E-state index contributed by atoms with van der Waals surface area (Å²) in [4.78, 5) is 13.3. The number of phenolic OH excluding ortho intramolecular Hbond substituents is 1. The number of phenols is 1. The van der Waals surface area contributed by atoms with Gasteiger partial charge >= 0.3 is 0 Å². The zero-order valence-corrected chi connectivity index (χ0v) is 19.2. The summed E-state index contributed by atoms with van der Waals surface area (Å²) in [5.74, 6) is 1.24. The number of methoxy groups -OCH3 is 1. The van der Waals surface area contributed by atoms with E-state index in [0.29, 0.717) is 29.9 Å². The molecular weight excluding hydrogens is 408 g/mol. The average molecular weight is 439 g/mol. The van der Waals surface area contributed by atoms with Crippen molar-refractivity contribution in [1.29, 1.82) is 0 Å². The summed E-state index contributed by atoms with van der Waals surface area (Å²) in [7, 11) is 1.61. The van der Waals surface area contributed by atoms with Crippen molar-refractivity contribution in [2.75, 3.05) is 7.11 Å². The van der Waals surface area contributed by atoms with Gasteiger partial charge in [0.25, 0.3) is 0 Å². The van der Waals surface area contributed by atoms with Crippen LogP contribution in [0, 0.1) is 0 Å². The van der Waals surface area contributed by atoms with Gasteiger partial charge in [0.15, 0.2) is 5.78 Å². The number of fused-ring (bicyclic) bond motifs is 3. The van der Waals surface area contributed by atoms with E-state index in [0.717, 1.165) is 16.9 Å². The molecule has 0 radical (unpaired) electrons. The van der Waals surface area contributed by atoms with Gasteiger partial charge in [-0.05, 0) is 64.0 Å². The molecule has 0 fully saturated rings. The number of hydrogen-bond donors (Lipinski definition) is 2. The largest absolute Gasteiger partial charge is 0.506 e. The van der Waals surface area contributed by atoms with Gasteiger partial charge in [0.1, 0.15) is 40.3 Å². The molecule has 0 saturated carbocycles. The number of ether oxygens (including phenoxy) is 3. The second kappa shape index (κ2) is 7.85. The lowest BCUT2D eigenvalue weighted by molar-refractivity contribution is -0.0232. The first-order chi connectivity index (χ1) is 15.0. The van der Waals surface area contributed by atoms with Gasteiger partial charge in [0.05, 0.1) is 18.3 Å². The van der Waals surface area contributed by atoms with Crippen molar-refractivity contribution in [3.05, 3.63) is 52.6 Å².